The van der Waals surface area contributed by atoms with Gasteiger partial charge in [0, 0.05) is 23.7 Å². The van der Waals surface area contributed by atoms with E-state index in [0.29, 0.717) is 10.6 Å². The Morgan fingerprint density at radius 2 is 1.90 bits per heavy atom. The van der Waals surface area contributed by atoms with Crippen LogP contribution in [0.1, 0.15) is 0 Å². The van der Waals surface area contributed by atoms with Crippen LogP contribution < -0.4 is 4.31 Å². The minimum Gasteiger partial charge on any atom is -0.333 e. The first-order valence-electron chi connectivity index (χ1n) is 8.39. The Kier molecular flexibility index (Phi) is 5.31. The van der Waals surface area contributed by atoms with Gasteiger partial charge in [-0.05, 0) is 35.7 Å². The van der Waals surface area contributed by atoms with Gasteiger partial charge in [0.25, 0.3) is 15.9 Å². The monoisotopic (exact) mass is 467 g/mol. The van der Waals surface area contributed by atoms with Crippen LogP contribution >= 0.6 is 22.9 Å². The molecule has 0 N–H and O–H groups in total. The number of thiophene rings is 1. The van der Waals surface area contributed by atoms with Gasteiger partial charge in [-0.15, -0.1) is 11.3 Å². The van der Waals surface area contributed by atoms with E-state index in [0.717, 1.165) is 27.8 Å². The Morgan fingerprint density at radius 3 is 2.63 bits per heavy atom. The molecule has 0 aliphatic heterocycles. The fourth-order valence-corrected chi connectivity index (χ4v) is 5.38. The van der Waals surface area contributed by atoms with Gasteiger partial charge in [0.1, 0.15) is 9.77 Å². The Balaban J connectivity index is 1.71. The SMILES string of the molecule is CN(c1ccc(F)c(F)c1)S(=O)(=O)c1ccsc1-c1nc(-c2cccc(Cl)c2)no1. The number of benzene rings is 2. The van der Waals surface area contributed by atoms with Crippen LogP contribution in [0, 0.1) is 11.6 Å². The zero-order valence-corrected chi connectivity index (χ0v) is 17.6. The Hall–Kier alpha value is -2.82. The lowest BCUT2D eigenvalue weighted by atomic mass is 10.2. The topological polar surface area (TPSA) is 76.3 Å². The van der Waals surface area contributed by atoms with E-state index in [-0.39, 0.29) is 27.2 Å². The molecule has 154 valence electrons. The van der Waals surface area contributed by atoms with Gasteiger partial charge < -0.3 is 4.52 Å². The number of anilines is 1. The van der Waals surface area contributed by atoms with Crippen LogP contribution in [-0.2, 0) is 10.0 Å². The van der Waals surface area contributed by atoms with Crippen LogP contribution in [0.3, 0.4) is 0 Å². The molecule has 6 nitrogen and oxygen atoms in total. The van der Waals surface area contributed by atoms with Crippen molar-refractivity contribution in [3.05, 3.63) is 70.6 Å². The molecule has 30 heavy (non-hydrogen) atoms. The van der Waals surface area contributed by atoms with Crippen LogP contribution in [0.25, 0.3) is 22.2 Å². The Bertz CT molecular complexity index is 1340. The average molecular weight is 468 g/mol. The average Bonchev–Trinajstić information content (AvgIpc) is 3.39. The summed E-state index contributed by atoms with van der Waals surface area (Å²) < 4.78 is 59.1. The summed E-state index contributed by atoms with van der Waals surface area (Å²) in [7, 11) is -2.87. The van der Waals surface area contributed by atoms with Crippen molar-refractivity contribution in [2.75, 3.05) is 11.4 Å². The zero-order valence-electron chi connectivity index (χ0n) is 15.2. The summed E-state index contributed by atoms with van der Waals surface area (Å²) in [5.74, 6) is -1.96. The second kappa shape index (κ2) is 7.78. The molecule has 0 atom stereocenters. The first-order valence-corrected chi connectivity index (χ1v) is 11.1. The van der Waals surface area contributed by atoms with Gasteiger partial charge in [-0.2, -0.15) is 4.98 Å². The number of hydrogen-bond acceptors (Lipinski definition) is 6. The van der Waals surface area contributed by atoms with Crippen LogP contribution in [0.2, 0.25) is 5.02 Å². The second-order valence-corrected chi connectivity index (χ2v) is 9.41. The van der Waals surface area contributed by atoms with Crippen molar-refractivity contribution in [2.45, 2.75) is 4.90 Å². The molecule has 2 aromatic carbocycles. The smallest absolute Gasteiger partial charge is 0.269 e. The summed E-state index contributed by atoms with van der Waals surface area (Å²) in [5, 5.41) is 5.95. The van der Waals surface area contributed by atoms with E-state index in [1.807, 2.05) is 0 Å². The molecule has 0 fully saturated rings. The molecule has 0 aliphatic carbocycles. The maximum absolute atomic E-state index is 13.6. The van der Waals surface area contributed by atoms with Gasteiger partial charge in [0.15, 0.2) is 11.6 Å². The third kappa shape index (κ3) is 3.69. The minimum absolute atomic E-state index is 0.0113. The molecule has 0 amide bonds. The molecular weight excluding hydrogens is 456 g/mol. The lowest BCUT2D eigenvalue weighted by Gasteiger charge is -2.19. The Labute approximate surface area is 179 Å². The third-order valence-electron chi connectivity index (χ3n) is 4.24. The molecule has 0 bridgehead atoms. The van der Waals surface area contributed by atoms with Gasteiger partial charge >= 0.3 is 0 Å². The molecule has 0 saturated heterocycles. The fraction of sp³-hybridized carbons (Fsp3) is 0.0526. The van der Waals surface area contributed by atoms with Crippen molar-refractivity contribution in [1.82, 2.24) is 10.1 Å². The van der Waals surface area contributed by atoms with Gasteiger partial charge in [0.2, 0.25) is 5.82 Å². The number of hydrogen-bond donors (Lipinski definition) is 0. The molecule has 2 aromatic heterocycles. The Morgan fingerprint density at radius 1 is 1.10 bits per heavy atom. The summed E-state index contributed by atoms with van der Waals surface area (Å²) in [6, 6.07) is 11.0. The highest BCUT2D eigenvalue weighted by molar-refractivity contribution is 7.93. The van der Waals surface area contributed by atoms with Gasteiger partial charge in [0.05, 0.1) is 5.69 Å². The van der Waals surface area contributed by atoms with Crippen molar-refractivity contribution in [3.8, 4) is 22.2 Å². The number of nitrogens with zero attached hydrogens (tertiary/aromatic N) is 3. The maximum Gasteiger partial charge on any atom is 0.269 e. The molecule has 0 saturated carbocycles. The van der Waals surface area contributed by atoms with Crippen LogP contribution in [0.15, 0.2) is 63.3 Å². The summed E-state index contributed by atoms with van der Waals surface area (Å²) in [4.78, 5) is 4.41. The van der Waals surface area contributed by atoms with Crippen LogP contribution in [0.4, 0.5) is 14.5 Å². The zero-order chi connectivity index (χ0) is 21.5. The van der Waals surface area contributed by atoms with E-state index in [2.05, 4.69) is 10.1 Å². The van der Waals surface area contributed by atoms with E-state index in [4.69, 9.17) is 16.1 Å². The predicted molar refractivity (Wildman–Crippen MR) is 110 cm³/mol. The first-order chi connectivity index (χ1) is 14.3. The number of halogens is 3. The summed E-state index contributed by atoms with van der Waals surface area (Å²) >= 11 is 7.08. The van der Waals surface area contributed by atoms with E-state index in [1.54, 1.807) is 29.6 Å². The van der Waals surface area contributed by atoms with Gasteiger partial charge in [-0.3, -0.25) is 4.31 Å². The standard InChI is InChI=1S/C19H12ClF2N3O3S2/c1-25(13-5-6-14(21)15(22)10-13)30(26,27)16-7-8-29-17(16)19-23-18(24-28-19)11-3-2-4-12(20)9-11/h2-10H,1H3. The van der Waals surface area contributed by atoms with Crippen molar-refractivity contribution in [1.29, 1.82) is 0 Å². The first kappa shape index (κ1) is 20.5. The highest BCUT2D eigenvalue weighted by Gasteiger charge is 2.29. The molecule has 0 radical (unpaired) electrons. The molecule has 2 heterocycles. The number of sulfonamides is 1. The van der Waals surface area contributed by atoms with Crippen molar-refractivity contribution in [2.24, 2.45) is 0 Å². The molecule has 11 heteroatoms. The van der Waals surface area contributed by atoms with Gasteiger partial charge in [-0.25, -0.2) is 17.2 Å². The molecule has 0 spiro atoms. The summed E-state index contributed by atoms with van der Waals surface area (Å²) in [6.45, 7) is 0. The number of aromatic nitrogens is 2. The lowest BCUT2D eigenvalue weighted by Crippen LogP contribution is -2.26. The van der Waals surface area contributed by atoms with Crippen molar-refractivity contribution in [3.63, 3.8) is 0 Å². The third-order valence-corrected chi connectivity index (χ3v) is 7.33. The molecule has 0 aliphatic rings. The second-order valence-electron chi connectivity index (χ2n) is 6.12. The highest BCUT2D eigenvalue weighted by Crippen LogP contribution is 2.35. The van der Waals surface area contributed by atoms with E-state index >= 15 is 0 Å². The van der Waals surface area contributed by atoms with Crippen molar-refractivity contribution >= 4 is 38.6 Å². The molecule has 4 aromatic rings. The fourth-order valence-electron chi connectivity index (χ4n) is 2.68. The number of rotatable bonds is 5. The minimum atomic E-state index is -4.11. The quantitative estimate of drug-likeness (QED) is 0.402. The van der Waals surface area contributed by atoms with E-state index in [1.165, 1.54) is 19.2 Å². The van der Waals surface area contributed by atoms with E-state index < -0.39 is 21.7 Å². The summed E-state index contributed by atoms with van der Waals surface area (Å²) in [6.07, 6.45) is 0. The normalized spacial score (nSPS) is 11.6. The summed E-state index contributed by atoms with van der Waals surface area (Å²) in [5.41, 5.74) is 0.577. The van der Waals surface area contributed by atoms with Gasteiger partial charge in [-0.1, -0.05) is 28.9 Å². The maximum atomic E-state index is 13.6. The van der Waals surface area contributed by atoms with Crippen LogP contribution in [0.5, 0.6) is 0 Å². The molecule has 0 unspecified atom stereocenters. The van der Waals surface area contributed by atoms with Crippen LogP contribution in [-0.4, -0.2) is 25.6 Å². The predicted octanol–water partition coefficient (Wildman–Crippen LogP) is 5.22. The highest BCUT2D eigenvalue weighted by atomic mass is 35.5. The van der Waals surface area contributed by atoms with E-state index in [9.17, 15) is 17.2 Å². The molecular formula is C19H12ClF2N3O3S2. The molecule has 4 rings (SSSR count). The lowest BCUT2D eigenvalue weighted by molar-refractivity contribution is 0.432. The largest absolute Gasteiger partial charge is 0.333 e. The van der Waals surface area contributed by atoms with Crippen molar-refractivity contribution < 1.29 is 21.7 Å².